The van der Waals surface area contributed by atoms with E-state index in [4.69, 9.17) is 0 Å². The average Bonchev–Trinajstić information content (AvgIpc) is 1.65. The molecule has 1 atom stereocenters. The summed E-state index contributed by atoms with van der Waals surface area (Å²) < 4.78 is 0. The van der Waals surface area contributed by atoms with Crippen LogP contribution in [0, 0.1) is 0 Å². The molecule has 0 aliphatic rings. The summed E-state index contributed by atoms with van der Waals surface area (Å²) in [5, 5.41) is 2.00. The molecule has 0 fully saturated rings. The predicted molar refractivity (Wildman–Crippen MR) is 34.0 cm³/mol. The molecule has 0 aliphatic heterocycles. The van der Waals surface area contributed by atoms with Crippen molar-refractivity contribution in [2.45, 2.75) is 6.92 Å². The van der Waals surface area contributed by atoms with E-state index in [1.54, 1.807) is 0 Å². The third-order valence-corrected chi connectivity index (χ3v) is 2.22. The average molecular weight is 230 g/mol. The molecule has 1 unspecified atom stereocenters. The molecule has 2 heteroatoms. The van der Waals surface area contributed by atoms with Crippen molar-refractivity contribution in [3.63, 3.8) is 0 Å². The molecule has 0 aliphatic carbocycles. The van der Waals surface area contributed by atoms with Gasteiger partial charge in [0.15, 0.2) is 0 Å². The fraction of sp³-hybridized carbons (Fsp3) is 0.600. The monoisotopic (exact) mass is 230 g/mol. The summed E-state index contributed by atoms with van der Waals surface area (Å²) >= 11 is 0. The zero-order valence-electron chi connectivity index (χ0n) is 4.78. The quantitative estimate of drug-likeness (QED) is 0.396. The van der Waals surface area contributed by atoms with Crippen LogP contribution < -0.4 is 24.0 Å². The maximum atomic E-state index is 3.64. The molecule has 0 saturated heterocycles. The van der Waals surface area contributed by atoms with Crippen LogP contribution in [0.1, 0.15) is 6.92 Å². The van der Waals surface area contributed by atoms with E-state index in [1.807, 2.05) is 5.41 Å². The molecule has 7 heavy (non-hydrogen) atoms. The minimum absolute atomic E-state index is 0. The van der Waals surface area contributed by atoms with Gasteiger partial charge in [-0.25, -0.2) is 0 Å². The maximum absolute atomic E-state index is 3.64. The van der Waals surface area contributed by atoms with Crippen molar-refractivity contribution in [1.82, 2.24) is 0 Å². The summed E-state index contributed by atoms with van der Waals surface area (Å²) in [5.74, 6) is 1.24. The Balaban J connectivity index is 0. The van der Waals surface area contributed by atoms with Gasteiger partial charge in [0.25, 0.3) is 0 Å². The van der Waals surface area contributed by atoms with Crippen LogP contribution in [-0.4, -0.2) is 12.0 Å². The van der Waals surface area contributed by atoms with E-state index < -0.39 is 0 Å². The van der Waals surface area contributed by atoms with E-state index in [9.17, 15) is 0 Å². The third-order valence-electron chi connectivity index (χ3n) is 0.740. The smallest absolute Gasteiger partial charge is 0.111 e. The van der Waals surface area contributed by atoms with Gasteiger partial charge in [-0.15, -0.1) is 0 Å². The highest BCUT2D eigenvalue weighted by atomic mass is 127. The zero-order chi connectivity index (χ0) is 4.99. The molecule has 0 rings (SSSR count). The van der Waals surface area contributed by atoms with Gasteiger partial charge >= 0.3 is 0 Å². The minimum Gasteiger partial charge on any atom is -1.00 e. The first-order chi connectivity index (χ1) is 2.81. The summed E-state index contributed by atoms with van der Waals surface area (Å²) in [7, 11) is 0.480. The SMILES string of the molecule is C=C[S+](C)CC.[I-]. The van der Waals surface area contributed by atoms with Gasteiger partial charge in [-0.3, -0.25) is 0 Å². The highest BCUT2D eigenvalue weighted by molar-refractivity contribution is 7.98. The predicted octanol–water partition coefficient (Wildman–Crippen LogP) is -1.60. The first-order valence-corrected chi connectivity index (χ1v) is 3.91. The van der Waals surface area contributed by atoms with E-state index in [0.717, 1.165) is 0 Å². The van der Waals surface area contributed by atoms with Crippen LogP contribution in [0.25, 0.3) is 0 Å². The number of halogens is 1. The molecular formula is C5H11IS. The second-order valence-corrected chi connectivity index (χ2v) is 3.44. The largest absolute Gasteiger partial charge is 1.00 e. The molecule has 0 spiro atoms. The first-order valence-electron chi connectivity index (χ1n) is 2.05. The zero-order valence-corrected chi connectivity index (χ0v) is 7.75. The lowest BCUT2D eigenvalue weighted by atomic mass is 11.0. The molecule has 0 heterocycles. The van der Waals surface area contributed by atoms with Crippen molar-refractivity contribution >= 4 is 10.9 Å². The van der Waals surface area contributed by atoms with Crippen LogP contribution in [-0.2, 0) is 10.9 Å². The Morgan fingerprint density at radius 3 is 2.14 bits per heavy atom. The van der Waals surface area contributed by atoms with Crippen LogP contribution >= 0.6 is 0 Å². The van der Waals surface area contributed by atoms with Crippen molar-refractivity contribution in [1.29, 1.82) is 0 Å². The van der Waals surface area contributed by atoms with Crippen molar-refractivity contribution in [3.05, 3.63) is 12.0 Å². The maximum Gasteiger partial charge on any atom is 0.111 e. The van der Waals surface area contributed by atoms with E-state index in [-0.39, 0.29) is 24.0 Å². The molecule has 0 amide bonds. The molecule has 0 saturated carbocycles. The second-order valence-electron chi connectivity index (χ2n) is 1.15. The van der Waals surface area contributed by atoms with Gasteiger partial charge in [0.05, 0.1) is 0 Å². The Morgan fingerprint density at radius 1 is 1.71 bits per heavy atom. The Hall–Kier alpha value is 0.820. The van der Waals surface area contributed by atoms with Crippen LogP contribution in [0.2, 0.25) is 0 Å². The lowest BCUT2D eigenvalue weighted by molar-refractivity contribution is -0.00000139. The minimum atomic E-state index is 0. The molecule has 0 nitrogen and oxygen atoms in total. The molecule has 0 radical (unpaired) electrons. The summed E-state index contributed by atoms with van der Waals surface area (Å²) in [5.41, 5.74) is 0. The lowest BCUT2D eigenvalue weighted by Crippen LogP contribution is -3.00. The summed E-state index contributed by atoms with van der Waals surface area (Å²) in [6.07, 6.45) is 2.19. The van der Waals surface area contributed by atoms with Crippen molar-refractivity contribution < 1.29 is 24.0 Å². The molecule has 0 aromatic heterocycles. The van der Waals surface area contributed by atoms with E-state index >= 15 is 0 Å². The van der Waals surface area contributed by atoms with Gasteiger partial charge in [-0.05, 0) is 6.92 Å². The molecule has 0 aromatic rings. The first kappa shape index (κ1) is 10.7. The van der Waals surface area contributed by atoms with Gasteiger partial charge in [0.2, 0.25) is 0 Å². The van der Waals surface area contributed by atoms with E-state index in [1.165, 1.54) is 5.75 Å². The topological polar surface area (TPSA) is 0 Å². The van der Waals surface area contributed by atoms with Crippen LogP contribution in [0.3, 0.4) is 0 Å². The Labute approximate surface area is 65.7 Å². The fourth-order valence-electron chi connectivity index (χ4n) is 0.118. The van der Waals surface area contributed by atoms with Gasteiger partial charge in [0.1, 0.15) is 17.4 Å². The Kier molecular flexibility index (Phi) is 10.5. The lowest BCUT2D eigenvalue weighted by Gasteiger charge is -1.83. The normalized spacial score (nSPS) is 11.7. The number of hydrogen-bond donors (Lipinski definition) is 0. The number of rotatable bonds is 2. The molecule has 0 N–H and O–H groups in total. The van der Waals surface area contributed by atoms with Crippen LogP contribution in [0.4, 0.5) is 0 Å². The molecule has 0 aromatic carbocycles. The van der Waals surface area contributed by atoms with E-state index in [2.05, 4.69) is 19.8 Å². The second kappa shape index (κ2) is 6.82. The highest BCUT2D eigenvalue weighted by Crippen LogP contribution is 1.86. The number of hydrogen-bond acceptors (Lipinski definition) is 0. The molecule has 44 valence electrons. The van der Waals surface area contributed by atoms with E-state index in [0.29, 0.717) is 10.9 Å². The Bertz CT molecular complexity index is 45.3. The summed E-state index contributed by atoms with van der Waals surface area (Å²) in [4.78, 5) is 0. The molecular weight excluding hydrogens is 219 g/mol. The summed E-state index contributed by atoms with van der Waals surface area (Å²) in [6.45, 7) is 5.82. The van der Waals surface area contributed by atoms with Gasteiger partial charge < -0.3 is 24.0 Å². The standard InChI is InChI=1S/C5H11S.HI/c1-4-6(3)5-2;/h4H,1,5H2,2-3H3;1H/q+1;/p-1. The third kappa shape index (κ3) is 6.82. The van der Waals surface area contributed by atoms with Crippen molar-refractivity contribution in [2.24, 2.45) is 0 Å². The van der Waals surface area contributed by atoms with Crippen molar-refractivity contribution in [2.75, 3.05) is 12.0 Å². The van der Waals surface area contributed by atoms with Crippen LogP contribution in [0.5, 0.6) is 0 Å². The Morgan fingerprint density at radius 2 is 2.14 bits per heavy atom. The van der Waals surface area contributed by atoms with Crippen LogP contribution in [0.15, 0.2) is 12.0 Å². The highest BCUT2D eigenvalue weighted by Gasteiger charge is 1.95. The van der Waals surface area contributed by atoms with Gasteiger partial charge in [0, 0.05) is 10.9 Å². The van der Waals surface area contributed by atoms with Crippen molar-refractivity contribution in [3.8, 4) is 0 Å². The molecule has 0 bridgehead atoms. The van der Waals surface area contributed by atoms with Gasteiger partial charge in [-0.2, -0.15) is 0 Å². The van der Waals surface area contributed by atoms with Gasteiger partial charge in [-0.1, -0.05) is 6.58 Å². The summed E-state index contributed by atoms with van der Waals surface area (Å²) in [6, 6.07) is 0. The fourth-order valence-corrected chi connectivity index (χ4v) is 0.354.